The molecular weight excluding hydrogens is 256 g/mol. The molecule has 0 radical (unpaired) electrons. The Labute approximate surface area is 117 Å². The lowest BCUT2D eigenvalue weighted by Crippen LogP contribution is -2.46. The molecule has 2 aliphatic heterocycles. The minimum atomic E-state index is -0.560. The van der Waals surface area contributed by atoms with Gasteiger partial charge >= 0.3 is 0 Å². The van der Waals surface area contributed by atoms with Crippen LogP contribution in [0, 0.1) is 0 Å². The Kier molecular flexibility index (Phi) is 3.28. The van der Waals surface area contributed by atoms with Crippen LogP contribution in [0.25, 0.3) is 0 Å². The first-order valence-corrected chi connectivity index (χ1v) is 6.65. The number of para-hydroxylation sites is 1. The van der Waals surface area contributed by atoms with Crippen LogP contribution in [0.1, 0.15) is 16.8 Å². The van der Waals surface area contributed by atoms with Crippen LogP contribution in [-0.4, -0.2) is 42.0 Å². The summed E-state index contributed by atoms with van der Waals surface area (Å²) in [5.74, 6) is -0.302. The Morgan fingerprint density at radius 3 is 3.00 bits per heavy atom. The normalized spacial score (nSPS) is 24.7. The van der Waals surface area contributed by atoms with Gasteiger partial charge in [-0.3, -0.25) is 9.59 Å². The lowest BCUT2D eigenvalue weighted by atomic mass is 10.1. The van der Waals surface area contributed by atoms with Gasteiger partial charge in [0, 0.05) is 6.54 Å². The van der Waals surface area contributed by atoms with Crippen LogP contribution in [0.4, 0.5) is 5.69 Å². The molecule has 2 unspecified atom stereocenters. The molecule has 2 aliphatic rings. The van der Waals surface area contributed by atoms with E-state index in [4.69, 9.17) is 4.74 Å². The summed E-state index contributed by atoms with van der Waals surface area (Å²) in [6.07, 6.45) is 2.04. The van der Waals surface area contributed by atoms with E-state index >= 15 is 0 Å². The smallest absolute Gasteiger partial charge is 0.256 e. The standard InChI is InChI=1S/C15H16N2O3/c1-2-9-20-12-7-8-17-13(12)14(18)16-11-6-4-3-5-10(11)15(17)19/h2-6,12-13H,1,7-9H2,(H,16,18). The highest BCUT2D eigenvalue weighted by Crippen LogP contribution is 2.30. The summed E-state index contributed by atoms with van der Waals surface area (Å²) < 4.78 is 5.62. The highest BCUT2D eigenvalue weighted by atomic mass is 16.5. The summed E-state index contributed by atoms with van der Waals surface area (Å²) in [4.78, 5) is 26.5. The third kappa shape index (κ3) is 2.00. The first-order valence-electron chi connectivity index (χ1n) is 6.65. The Morgan fingerprint density at radius 1 is 1.40 bits per heavy atom. The largest absolute Gasteiger partial charge is 0.371 e. The minimum Gasteiger partial charge on any atom is -0.371 e. The quantitative estimate of drug-likeness (QED) is 0.847. The van der Waals surface area contributed by atoms with Gasteiger partial charge in [0.15, 0.2) is 0 Å². The average Bonchev–Trinajstić information content (AvgIpc) is 2.84. The highest BCUT2D eigenvalue weighted by molar-refractivity contribution is 6.10. The number of benzene rings is 1. The van der Waals surface area contributed by atoms with E-state index in [1.807, 2.05) is 0 Å². The molecule has 1 saturated heterocycles. The maximum absolute atomic E-state index is 12.5. The summed E-state index contributed by atoms with van der Waals surface area (Å²) in [6.45, 7) is 4.52. The second-order valence-electron chi connectivity index (χ2n) is 4.93. The summed E-state index contributed by atoms with van der Waals surface area (Å²) in [7, 11) is 0. The molecule has 104 valence electrons. The van der Waals surface area contributed by atoms with Crippen LogP contribution in [0.15, 0.2) is 36.9 Å². The van der Waals surface area contributed by atoms with Gasteiger partial charge in [0.1, 0.15) is 6.04 Å². The van der Waals surface area contributed by atoms with Gasteiger partial charge in [-0.2, -0.15) is 0 Å². The number of ether oxygens (including phenoxy) is 1. The van der Waals surface area contributed by atoms with Crippen molar-refractivity contribution >= 4 is 17.5 Å². The fourth-order valence-electron chi connectivity index (χ4n) is 2.81. The van der Waals surface area contributed by atoms with Crippen LogP contribution in [0.5, 0.6) is 0 Å². The van der Waals surface area contributed by atoms with Crippen molar-refractivity contribution in [3.8, 4) is 0 Å². The Balaban J connectivity index is 1.94. The molecule has 1 fully saturated rings. The zero-order valence-electron chi connectivity index (χ0n) is 11.0. The number of carbonyl (C=O) groups is 2. The van der Waals surface area contributed by atoms with E-state index in [0.717, 1.165) is 0 Å². The van der Waals surface area contributed by atoms with Gasteiger partial charge in [-0.1, -0.05) is 18.2 Å². The van der Waals surface area contributed by atoms with Gasteiger partial charge in [-0.15, -0.1) is 6.58 Å². The minimum absolute atomic E-state index is 0.117. The van der Waals surface area contributed by atoms with E-state index in [1.54, 1.807) is 35.2 Å². The lowest BCUT2D eigenvalue weighted by Gasteiger charge is -2.24. The first kappa shape index (κ1) is 12.9. The zero-order valence-corrected chi connectivity index (χ0v) is 11.0. The Morgan fingerprint density at radius 2 is 2.20 bits per heavy atom. The molecule has 20 heavy (non-hydrogen) atoms. The molecule has 1 aromatic carbocycles. The van der Waals surface area contributed by atoms with Crippen molar-refractivity contribution in [3.05, 3.63) is 42.5 Å². The van der Waals surface area contributed by atoms with E-state index in [0.29, 0.717) is 30.8 Å². The molecule has 3 rings (SSSR count). The topological polar surface area (TPSA) is 58.6 Å². The molecule has 5 heteroatoms. The maximum Gasteiger partial charge on any atom is 0.256 e. The first-order chi connectivity index (χ1) is 9.72. The van der Waals surface area contributed by atoms with Crippen molar-refractivity contribution in [3.63, 3.8) is 0 Å². The van der Waals surface area contributed by atoms with Crippen LogP contribution in [0.2, 0.25) is 0 Å². The molecule has 2 amide bonds. The lowest BCUT2D eigenvalue weighted by molar-refractivity contribution is -0.122. The third-order valence-corrected chi connectivity index (χ3v) is 3.72. The van der Waals surface area contributed by atoms with Crippen molar-refractivity contribution in [1.29, 1.82) is 0 Å². The monoisotopic (exact) mass is 272 g/mol. The van der Waals surface area contributed by atoms with E-state index in [1.165, 1.54) is 0 Å². The molecule has 0 bridgehead atoms. The number of hydrogen-bond donors (Lipinski definition) is 1. The summed E-state index contributed by atoms with van der Waals surface area (Å²) in [6, 6.07) is 6.51. The van der Waals surface area contributed by atoms with E-state index in [-0.39, 0.29) is 17.9 Å². The predicted molar refractivity (Wildman–Crippen MR) is 74.5 cm³/mol. The molecule has 1 N–H and O–H groups in total. The Bertz CT molecular complexity index is 570. The van der Waals surface area contributed by atoms with Crippen molar-refractivity contribution in [2.24, 2.45) is 0 Å². The van der Waals surface area contributed by atoms with Gasteiger partial charge in [0.25, 0.3) is 5.91 Å². The van der Waals surface area contributed by atoms with Crippen LogP contribution in [0.3, 0.4) is 0 Å². The molecule has 2 heterocycles. The molecule has 0 aliphatic carbocycles. The third-order valence-electron chi connectivity index (χ3n) is 3.72. The van der Waals surface area contributed by atoms with Crippen LogP contribution in [-0.2, 0) is 9.53 Å². The Hall–Kier alpha value is -2.14. The van der Waals surface area contributed by atoms with Crippen molar-refractivity contribution < 1.29 is 14.3 Å². The highest BCUT2D eigenvalue weighted by Gasteiger charge is 2.45. The number of rotatable bonds is 3. The van der Waals surface area contributed by atoms with Gasteiger partial charge in [-0.25, -0.2) is 0 Å². The van der Waals surface area contributed by atoms with E-state index in [9.17, 15) is 9.59 Å². The predicted octanol–water partition coefficient (Wildman–Crippen LogP) is 1.42. The molecule has 1 aromatic rings. The van der Waals surface area contributed by atoms with Crippen LogP contribution >= 0.6 is 0 Å². The number of hydrogen-bond acceptors (Lipinski definition) is 3. The molecular formula is C15H16N2O3. The molecule has 0 aromatic heterocycles. The van der Waals surface area contributed by atoms with Gasteiger partial charge < -0.3 is 15.0 Å². The zero-order chi connectivity index (χ0) is 14.1. The summed E-state index contributed by atoms with van der Waals surface area (Å²) in [5, 5.41) is 2.82. The van der Waals surface area contributed by atoms with Crippen LogP contribution < -0.4 is 5.32 Å². The number of nitrogens with one attached hydrogen (secondary N) is 1. The van der Waals surface area contributed by atoms with Crippen molar-refractivity contribution in [1.82, 2.24) is 4.90 Å². The van der Waals surface area contributed by atoms with Gasteiger partial charge in [-0.05, 0) is 18.6 Å². The van der Waals surface area contributed by atoms with Crippen molar-refractivity contribution in [2.45, 2.75) is 18.6 Å². The number of nitrogens with zero attached hydrogens (tertiary/aromatic N) is 1. The van der Waals surface area contributed by atoms with Crippen molar-refractivity contribution in [2.75, 3.05) is 18.5 Å². The van der Waals surface area contributed by atoms with E-state index in [2.05, 4.69) is 11.9 Å². The molecule has 2 atom stereocenters. The second kappa shape index (κ2) is 5.09. The summed E-state index contributed by atoms with van der Waals surface area (Å²) >= 11 is 0. The SMILES string of the molecule is C=CCOC1CCN2C(=O)c3ccccc3NC(=O)C12. The summed E-state index contributed by atoms with van der Waals surface area (Å²) in [5.41, 5.74) is 1.10. The molecule has 0 spiro atoms. The fraction of sp³-hybridized carbons (Fsp3) is 0.333. The molecule has 0 saturated carbocycles. The number of carbonyl (C=O) groups excluding carboxylic acids is 2. The second-order valence-corrected chi connectivity index (χ2v) is 4.93. The van der Waals surface area contributed by atoms with E-state index < -0.39 is 6.04 Å². The molecule has 5 nitrogen and oxygen atoms in total. The maximum atomic E-state index is 12.5. The average molecular weight is 272 g/mol. The van der Waals surface area contributed by atoms with Gasteiger partial charge in [0.05, 0.1) is 24.0 Å². The van der Waals surface area contributed by atoms with Gasteiger partial charge in [0.2, 0.25) is 5.91 Å². The number of fused-ring (bicyclic) bond motifs is 2. The fourth-order valence-corrected chi connectivity index (χ4v) is 2.81. The number of amides is 2. The number of anilines is 1.